The van der Waals surface area contributed by atoms with Crippen LogP contribution in [0.5, 0.6) is 0 Å². The molecule has 0 saturated heterocycles. The molecule has 0 bridgehead atoms. The quantitative estimate of drug-likeness (QED) is 0.796. The highest BCUT2D eigenvalue weighted by atomic mass is 79.9. The topological polar surface area (TPSA) is 108 Å². The van der Waals surface area contributed by atoms with E-state index in [1.165, 1.54) is 18.5 Å². The molecule has 0 unspecified atom stereocenters. The largest absolute Gasteiger partial charge is 0.478 e. The van der Waals surface area contributed by atoms with Gasteiger partial charge in [0.25, 0.3) is 5.91 Å². The number of carboxylic acid groups (broad SMARTS) is 1. The van der Waals surface area contributed by atoms with Gasteiger partial charge in [-0.2, -0.15) is 5.10 Å². The lowest BCUT2D eigenvalue weighted by molar-refractivity contribution is 0.0698. The molecule has 1 aromatic heterocycles. The Bertz CT molecular complexity index is 597. The molecule has 0 aliphatic heterocycles. The zero-order chi connectivity index (χ0) is 13.1. The van der Waals surface area contributed by atoms with Gasteiger partial charge in [-0.1, -0.05) is 15.9 Å². The van der Waals surface area contributed by atoms with Crippen LogP contribution in [0.1, 0.15) is 21.0 Å². The van der Waals surface area contributed by atoms with E-state index in [0.29, 0.717) is 4.47 Å². The van der Waals surface area contributed by atoms with Crippen LogP contribution in [0.4, 0.5) is 5.69 Å². The summed E-state index contributed by atoms with van der Waals surface area (Å²) in [5, 5.41) is 17.4. The lowest BCUT2D eigenvalue weighted by Gasteiger charge is -2.07. The van der Waals surface area contributed by atoms with Crippen LogP contribution in [-0.4, -0.2) is 32.2 Å². The summed E-state index contributed by atoms with van der Waals surface area (Å²) in [5.41, 5.74) is 0.171. The zero-order valence-electron chi connectivity index (χ0n) is 8.85. The van der Waals surface area contributed by atoms with Crippen molar-refractivity contribution in [2.24, 2.45) is 0 Å². The molecule has 2 aromatic rings. The predicted octanol–water partition coefficient (Wildman–Crippen LogP) is 1.52. The molecule has 0 aliphatic rings. The Kier molecular flexibility index (Phi) is 3.38. The van der Waals surface area contributed by atoms with E-state index >= 15 is 0 Å². The third-order valence-electron chi connectivity index (χ3n) is 2.09. The van der Waals surface area contributed by atoms with Crippen LogP contribution < -0.4 is 5.32 Å². The van der Waals surface area contributed by atoms with E-state index in [0.717, 1.165) is 0 Å². The van der Waals surface area contributed by atoms with Crippen molar-refractivity contribution in [1.82, 2.24) is 15.2 Å². The Labute approximate surface area is 109 Å². The molecule has 1 amide bonds. The number of H-pyrrole nitrogens is 1. The molecule has 3 N–H and O–H groups in total. The fraction of sp³-hybridized carbons (Fsp3) is 0. The summed E-state index contributed by atoms with van der Waals surface area (Å²) in [7, 11) is 0. The Hall–Kier alpha value is -2.22. The van der Waals surface area contributed by atoms with Gasteiger partial charge in [-0.25, -0.2) is 9.78 Å². The van der Waals surface area contributed by atoms with Gasteiger partial charge in [0.05, 0.1) is 11.3 Å². The van der Waals surface area contributed by atoms with Crippen LogP contribution >= 0.6 is 15.9 Å². The standard InChI is InChI=1S/C10H7BrN4O3/c11-5-1-2-7(6(3-5)10(17)18)14-9(16)8-12-4-13-15-8/h1-4H,(H,14,16)(H,17,18)(H,12,13,15). The van der Waals surface area contributed by atoms with Crippen LogP contribution in [0.15, 0.2) is 29.0 Å². The average Bonchev–Trinajstić information content (AvgIpc) is 2.84. The van der Waals surface area contributed by atoms with Gasteiger partial charge in [-0.15, -0.1) is 0 Å². The van der Waals surface area contributed by atoms with Crippen LogP contribution in [0, 0.1) is 0 Å². The highest BCUT2D eigenvalue weighted by Gasteiger charge is 2.15. The molecule has 1 heterocycles. The van der Waals surface area contributed by atoms with E-state index in [4.69, 9.17) is 5.11 Å². The van der Waals surface area contributed by atoms with Gasteiger partial charge in [0.2, 0.25) is 5.82 Å². The normalized spacial score (nSPS) is 10.1. The highest BCUT2D eigenvalue weighted by Crippen LogP contribution is 2.21. The third-order valence-corrected chi connectivity index (χ3v) is 2.58. The van der Waals surface area contributed by atoms with Gasteiger partial charge in [-0.3, -0.25) is 9.89 Å². The maximum absolute atomic E-state index is 11.7. The summed E-state index contributed by atoms with van der Waals surface area (Å²) in [6.45, 7) is 0. The molecule has 7 nitrogen and oxygen atoms in total. The number of carbonyl (C=O) groups excluding carboxylic acids is 1. The van der Waals surface area contributed by atoms with Gasteiger partial charge in [0.1, 0.15) is 6.33 Å². The van der Waals surface area contributed by atoms with E-state index in [2.05, 4.69) is 36.4 Å². The number of carboxylic acids is 1. The minimum Gasteiger partial charge on any atom is -0.478 e. The number of hydrogen-bond acceptors (Lipinski definition) is 4. The maximum Gasteiger partial charge on any atom is 0.337 e. The number of anilines is 1. The smallest absolute Gasteiger partial charge is 0.337 e. The summed E-state index contributed by atoms with van der Waals surface area (Å²) in [5.74, 6) is -1.68. The minimum absolute atomic E-state index is 0.00857. The molecule has 0 fully saturated rings. The summed E-state index contributed by atoms with van der Waals surface area (Å²) in [6.07, 6.45) is 1.19. The first-order valence-corrected chi connectivity index (χ1v) is 5.57. The van der Waals surface area contributed by atoms with E-state index in [1.807, 2.05) is 0 Å². The summed E-state index contributed by atoms with van der Waals surface area (Å²) in [6, 6.07) is 4.52. The van der Waals surface area contributed by atoms with Crippen molar-refractivity contribution in [3.8, 4) is 0 Å². The number of nitrogens with one attached hydrogen (secondary N) is 2. The first kappa shape index (κ1) is 12.2. The van der Waals surface area contributed by atoms with Gasteiger partial charge in [-0.05, 0) is 18.2 Å². The Balaban J connectivity index is 2.29. The number of carbonyl (C=O) groups is 2. The fourth-order valence-corrected chi connectivity index (χ4v) is 1.66. The molecule has 0 radical (unpaired) electrons. The molecule has 1 aromatic carbocycles. The summed E-state index contributed by atoms with van der Waals surface area (Å²) < 4.78 is 0.609. The van der Waals surface area contributed by atoms with Crippen LogP contribution in [0.2, 0.25) is 0 Å². The number of amides is 1. The van der Waals surface area contributed by atoms with Gasteiger partial charge in [0, 0.05) is 4.47 Å². The van der Waals surface area contributed by atoms with Crippen molar-refractivity contribution < 1.29 is 14.7 Å². The molecule has 92 valence electrons. The zero-order valence-corrected chi connectivity index (χ0v) is 10.4. The van der Waals surface area contributed by atoms with Gasteiger partial charge < -0.3 is 10.4 Å². The summed E-state index contributed by atoms with van der Waals surface area (Å²) >= 11 is 3.16. The van der Waals surface area contributed by atoms with Crippen molar-refractivity contribution in [3.05, 3.63) is 40.4 Å². The van der Waals surface area contributed by atoms with Crippen LogP contribution in [0.3, 0.4) is 0 Å². The first-order valence-electron chi connectivity index (χ1n) is 4.77. The highest BCUT2D eigenvalue weighted by molar-refractivity contribution is 9.10. The Morgan fingerprint density at radius 1 is 1.39 bits per heavy atom. The molecular weight excluding hydrogens is 304 g/mol. The monoisotopic (exact) mass is 310 g/mol. The summed E-state index contributed by atoms with van der Waals surface area (Å²) in [4.78, 5) is 26.4. The molecule has 0 aliphatic carbocycles. The number of halogens is 1. The van der Waals surface area contributed by atoms with E-state index in [1.54, 1.807) is 6.07 Å². The van der Waals surface area contributed by atoms with Gasteiger partial charge >= 0.3 is 5.97 Å². The lowest BCUT2D eigenvalue weighted by Crippen LogP contribution is -2.16. The SMILES string of the molecule is O=C(Nc1ccc(Br)cc1C(=O)O)c1ncn[nH]1. The van der Waals surface area contributed by atoms with E-state index in [9.17, 15) is 9.59 Å². The number of benzene rings is 1. The van der Waals surface area contributed by atoms with Crippen molar-refractivity contribution >= 4 is 33.5 Å². The molecule has 2 rings (SSSR count). The predicted molar refractivity (Wildman–Crippen MR) is 65.4 cm³/mol. The number of aromatic nitrogens is 3. The fourth-order valence-electron chi connectivity index (χ4n) is 1.30. The van der Waals surface area contributed by atoms with E-state index < -0.39 is 11.9 Å². The van der Waals surface area contributed by atoms with E-state index in [-0.39, 0.29) is 17.1 Å². The first-order chi connectivity index (χ1) is 8.58. The second kappa shape index (κ2) is 4.96. The molecule has 18 heavy (non-hydrogen) atoms. The Morgan fingerprint density at radius 2 is 2.17 bits per heavy atom. The maximum atomic E-state index is 11.7. The average molecular weight is 311 g/mol. The molecule has 8 heteroatoms. The number of rotatable bonds is 3. The number of hydrogen-bond donors (Lipinski definition) is 3. The Morgan fingerprint density at radius 3 is 2.78 bits per heavy atom. The van der Waals surface area contributed by atoms with Gasteiger partial charge in [0.15, 0.2) is 0 Å². The molecule has 0 saturated carbocycles. The minimum atomic E-state index is -1.14. The van der Waals surface area contributed by atoms with Crippen molar-refractivity contribution in [1.29, 1.82) is 0 Å². The van der Waals surface area contributed by atoms with Crippen molar-refractivity contribution in [2.75, 3.05) is 5.32 Å². The molecular formula is C10H7BrN4O3. The number of aromatic carboxylic acids is 1. The van der Waals surface area contributed by atoms with Crippen LogP contribution in [0.25, 0.3) is 0 Å². The molecule has 0 atom stereocenters. The second-order valence-electron chi connectivity index (χ2n) is 3.28. The van der Waals surface area contributed by atoms with Crippen molar-refractivity contribution in [2.45, 2.75) is 0 Å². The molecule has 0 spiro atoms. The third kappa shape index (κ3) is 2.54. The number of aromatic amines is 1. The lowest BCUT2D eigenvalue weighted by atomic mass is 10.2. The van der Waals surface area contributed by atoms with Crippen LogP contribution in [-0.2, 0) is 0 Å². The second-order valence-corrected chi connectivity index (χ2v) is 4.20. The van der Waals surface area contributed by atoms with Crippen molar-refractivity contribution in [3.63, 3.8) is 0 Å². The number of nitrogens with zero attached hydrogens (tertiary/aromatic N) is 2.